The van der Waals surface area contributed by atoms with Gasteiger partial charge in [-0.05, 0) is 44.4 Å². The van der Waals surface area contributed by atoms with Crippen LogP contribution in [-0.2, 0) is 16.0 Å². The van der Waals surface area contributed by atoms with Crippen molar-refractivity contribution < 1.29 is 18.8 Å². The van der Waals surface area contributed by atoms with Crippen molar-refractivity contribution >= 4 is 17.8 Å². The highest BCUT2D eigenvalue weighted by Gasteiger charge is 2.29. The molecule has 124 valence electrons. The van der Waals surface area contributed by atoms with Crippen molar-refractivity contribution in [3.8, 4) is 0 Å². The summed E-state index contributed by atoms with van der Waals surface area (Å²) in [6.45, 7) is 3.69. The van der Waals surface area contributed by atoms with Gasteiger partial charge in [0.05, 0.1) is 0 Å². The summed E-state index contributed by atoms with van der Waals surface area (Å²) in [5.41, 5.74) is 0.307. The maximum atomic E-state index is 12.9. The second-order valence-electron chi connectivity index (χ2n) is 6.29. The zero-order valence-electron chi connectivity index (χ0n) is 13.1. The molecule has 1 aliphatic rings. The second kappa shape index (κ2) is 6.76. The topological polar surface area (TPSA) is 87.3 Å². The van der Waals surface area contributed by atoms with Crippen LogP contribution >= 0.6 is 0 Å². The van der Waals surface area contributed by atoms with Crippen LogP contribution in [0.2, 0.25) is 0 Å². The molecule has 0 aliphatic carbocycles. The summed E-state index contributed by atoms with van der Waals surface area (Å²) in [6, 6.07) is 4.66. The lowest BCUT2D eigenvalue weighted by Crippen LogP contribution is -2.54. The van der Waals surface area contributed by atoms with Gasteiger partial charge in [-0.1, -0.05) is 12.1 Å². The third kappa shape index (κ3) is 5.05. The summed E-state index contributed by atoms with van der Waals surface area (Å²) in [7, 11) is 0. The molecule has 0 aromatic heterocycles. The van der Waals surface area contributed by atoms with E-state index >= 15 is 0 Å². The van der Waals surface area contributed by atoms with E-state index in [0.717, 1.165) is 5.56 Å². The van der Waals surface area contributed by atoms with E-state index < -0.39 is 23.5 Å². The van der Waals surface area contributed by atoms with Crippen molar-refractivity contribution in [3.63, 3.8) is 0 Å². The van der Waals surface area contributed by atoms with Gasteiger partial charge in [-0.3, -0.25) is 14.9 Å². The Bertz CT molecular complexity index is 614. The van der Waals surface area contributed by atoms with E-state index in [9.17, 15) is 18.8 Å². The van der Waals surface area contributed by atoms with Gasteiger partial charge in [-0.25, -0.2) is 9.18 Å². The Morgan fingerprint density at radius 2 is 1.96 bits per heavy atom. The number of urea groups is 1. The third-order valence-corrected chi connectivity index (χ3v) is 3.56. The van der Waals surface area contributed by atoms with Gasteiger partial charge >= 0.3 is 6.03 Å². The molecule has 1 saturated heterocycles. The second-order valence-corrected chi connectivity index (χ2v) is 6.29. The minimum Gasteiger partial charge on any atom is -0.349 e. The molecule has 1 aromatic carbocycles. The number of imide groups is 1. The summed E-state index contributed by atoms with van der Waals surface area (Å²) in [6.07, 6.45) is 0.863. The van der Waals surface area contributed by atoms with E-state index in [4.69, 9.17) is 0 Å². The van der Waals surface area contributed by atoms with Crippen molar-refractivity contribution in [1.29, 1.82) is 0 Å². The number of nitrogens with one attached hydrogen (secondary N) is 3. The van der Waals surface area contributed by atoms with Crippen LogP contribution in [0.1, 0.15) is 32.3 Å². The largest absolute Gasteiger partial charge is 0.349 e. The van der Waals surface area contributed by atoms with Gasteiger partial charge in [0.2, 0.25) is 11.8 Å². The Morgan fingerprint density at radius 3 is 2.61 bits per heavy atom. The van der Waals surface area contributed by atoms with E-state index in [1.54, 1.807) is 12.1 Å². The smallest absolute Gasteiger partial charge is 0.322 e. The van der Waals surface area contributed by atoms with Gasteiger partial charge in [0.15, 0.2) is 0 Å². The van der Waals surface area contributed by atoms with E-state index in [1.807, 2.05) is 13.8 Å². The minimum absolute atomic E-state index is 0.106. The molecule has 3 N–H and O–H groups in total. The third-order valence-electron chi connectivity index (χ3n) is 3.56. The summed E-state index contributed by atoms with van der Waals surface area (Å²) < 4.78 is 12.9. The van der Waals surface area contributed by atoms with Crippen molar-refractivity contribution in [2.45, 2.75) is 44.7 Å². The Balaban J connectivity index is 1.98. The quantitative estimate of drug-likeness (QED) is 0.780. The first kappa shape index (κ1) is 16.9. The lowest BCUT2D eigenvalue weighted by atomic mass is 9.94. The molecule has 1 atom stereocenters. The van der Waals surface area contributed by atoms with Crippen LogP contribution in [0, 0.1) is 5.82 Å². The van der Waals surface area contributed by atoms with Gasteiger partial charge in [0.25, 0.3) is 0 Å². The fourth-order valence-corrected chi connectivity index (χ4v) is 2.51. The predicted octanol–water partition coefficient (Wildman–Crippen LogP) is 1.25. The number of amides is 4. The Labute approximate surface area is 133 Å². The van der Waals surface area contributed by atoms with E-state index in [1.165, 1.54) is 12.1 Å². The molecular formula is C16H20FN3O3. The lowest BCUT2D eigenvalue weighted by molar-refractivity contribution is -0.124. The molecule has 2 rings (SSSR count). The molecule has 23 heavy (non-hydrogen) atoms. The standard InChI is InChI=1S/C16H20FN3O3/c1-16(2,9-10-3-5-11(17)6-4-10)20-14(22)12-7-8-13(21)19-15(23)18-12/h3-6,12H,7-9H2,1-2H3,(H,20,22)(H2,18,19,21,23)/t12-/m0/s1. The average molecular weight is 321 g/mol. The van der Waals surface area contributed by atoms with Crippen LogP contribution in [0.4, 0.5) is 9.18 Å². The van der Waals surface area contributed by atoms with Crippen molar-refractivity contribution in [2.75, 3.05) is 0 Å². The first-order valence-electron chi connectivity index (χ1n) is 7.42. The summed E-state index contributed by atoms with van der Waals surface area (Å²) in [5, 5.41) is 7.47. The van der Waals surface area contributed by atoms with Gasteiger partial charge in [-0.2, -0.15) is 0 Å². The van der Waals surface area contributed by atoms with Gasteiger partial charge in [0.1, 0.15) is 11.9 Å². The highest BCUT2D eigenvalue weighted by Crippen LogP contribution is 2.14. The minimum atomic E-state index is -0.756. The fraction of sp³-hybridized carbons (Fsp3) is 0.438. The van der Waals surface area contributed by atoms with Crippen LogP contribution in [0.5, 0.6) is 0 Å². The van der Waals surface area contributed by atoms with Crippen molar-refractivity contribution in [2.24, 2.45) is 0 Å². The van der Waals surface area contributed by atoms with E-state index in [0.29, 0.717) is 6.42 Å². The summed E-state index contributed by atoms with van der Waals surface area (Å²) in [4.78, 5) is 35.1. The molecule has 4 amide bonds. The molecule has 1 aliphatic heterocycles. The number of carbonyl (C=O) groups is 3. The number of hydrogen-bond donors (Lipinski definition) is 3. The Morgan fingerprint density at radius 1 is 1.30 bits per heavy atom. The molecular weight excluding hydrogens is 301 g/mol. The van der Waals surface area contributed by atoms with E-state index in [-0.39, 0.29) is 24.6 Å². The number of hydrogen-bond acceptors (Lipinski definition) is 3. The normalized spacial score (nSPS) is 18.7. The number of benzene rings is 1. The number of halogens is 1. The van der Waals surface area contributed by atoms with Crippen LogP contribution < -0.4 is 16.0 Å². The molecule has 7 heteroatoms. The average Bonchev–Trinajstić information content (AvgIpc) is 2.61. The molecule has 0 saturated carbocycles. The molecule has 0 bridgehead atoms. The maximum absolute atomic E-state index is 12.9. The van der Waals surface area contributed by atoms with Crippen LogP contribution in [0.25, 0.3) is 0 Å². The number of carbonyl (C=O) groups excluding carboxylic acids is 3. The van der Waals surface area contributed by atoms with Gasteiger partial charge in [0, 0.05) is 12.0 Å². The molecule has 0 radical (unpaired) electrons. The first-order chi connectivity index (χ1) is 10.7. The SMILES string of the molecule is CC(C)(Cc1ccc(F)cc1)NC(=O)[C@@H]1CCC(=O)NC(=O)N1. The molecule has 1 aromatic rings. The molecule has 1 fully saturated rings. The van der Waals surface area contributed by atoms with Crippen LogP contribution in [0.3, 0.4) is 0 Å². The van der Waals surface area contributed by atoms with Crippen molar-refractivity contribution in [1.82, 2.24) is 16.0 Å². The van der Waals surface area contributed by atoms with Gasteiger partial charge < -0.3 is 10.6 Å². The summed E-state index contributed by atoms with van der Waals surface area (Å²) >= 11 is 0. The molecule has 0 spiro atoms. The highest BCUT2D eigenvalue weighted by molar-refractivity contribution is 5.98. The van der Waals surface area contributed by atoms with Crippen LogP contribution in [0.15, 0.2) is 24.3 Å². The van der Waals surface area contributed by atoms with E-state index in [2.05, 4.69) is 16.0 Å². The predicted molar refractivity (Wildman–Crippen MR) is 82.0 cm³/mol. The zero-order chi connectivity index (χ0) is 17.0. The number of rotatable bonds is 4. The monoisotopic (exact) mass is 321 g/mol. The Hall–Kier alpha value is -2.44. The molecule has 0 unspecified atom stereocenters. The summed E-state index contributed by atoms with van der Waals surface area (Å²) in [5.74, 6) is -1.06. The first-order valence-corrected chi connectivity index (χ1v) is 7.42. The highest BCUT2D eigenvalue weighted by atomic mass is 19.1. The molecule has 6 nitrogen and oxygen atoms in total. The van der Waals surface area contributed by atoms with Gasteiger partial charge in [-0.15, -0.1) is 0 Å². The lowest BCUT2D eigenvalue weighted by Gasteiger charge is -2.28. The zero-order valence-corrected chi connectivity index (χ0v) is 13.1. The Kier molecular flexibility index (Phi) is 4.98. The maximum Gasteiger partial charge on any atom is 0.322 e. The van der Waals surface area contributed by atoms with Crippen molar-refractivity contribution in [3.05, 3.63) is 35.6 Å². The fourth-order valence-electron chi connectivity index (χ4n) is 2.51. The van der Waals surface area contributed by atoms with Crippen LogP contribution in [-0.4, -0.2) is 29.4 Å². The molecule has 1 heterocycles.